The number of aromatic carboxylic acids is 1. The Kier molecular flexibility index (Phi) is 4.60. The fraction of sp³-hybridized carbons (Fsp3) is 0.600. The summed E-state index contributed by atoms with van der Waals surface area (Å²) in [6.07, 6.45) is 4.97. The van der Waals surface area contributed by atoms with Gasteiger partial charge in [0.25, 0.3) is 0 Å². The van der Waals surface area contributed by atoms with Crippen LogP contribution in [-0.2, 0) is 6.54 Å². The minimum absolute atomic E-state index is 0.0921. The second-order valence-electron chi connectivity index (χ2n) is 5.70. The number of hydrogen-bond acceptors (Lipinski definition) is 3. The highest BCUT2D eigenvalue weighted by atomic mass is 16.4. The van der Waals surface area contributed by atoms with Crippen LogP contribution in [0.3, 0.4) is 0 Å². The lowest BCUT2D eigenvalue weighted by atomic mass is 9.94. The number of Topliss-reactive ketones (excluding diaryl/α,β-unsaturated/α-hetero) is 1. The first-order chi connectivity index (χ1) is 9.47. The van der Waals surface area contributed by atoms with Gasteiger partial charge in [0.2, 0.25) is 0 Å². The van der Waals surface area contributed by atoms with Crippen LogP contribution in [0.15, 0.2) is 12.3 Å². The number of aromatic nitrogens is 1. The van der Waals surface area contributed by atoms with Crippen LogP contribution in [0.4, 0.5) is 0 Å². The smallest absolute Gasteiger partial charge is 0.352 e. The summed E-state index contributed by atoms with van der Waals surface area (Å²) in [5, 5.41) is 9.19. The number of carbonyl (C=O) groups excluding carboxylic acids is 1. The number of aryl methyl sites for hydroxylation is 1. The van der Waals surface area contributed by atoms with Gasteiger partial charge in [-0.1, -0.05) is 0 Å². The molecule has 0 bridgehead atoms. The Labute approximate surface area is 119 Å². The summed E-state index contributed by atoms with van der Waals surface area (Å²) in [6.45, 7) is 4.35. The van der Waals surface area contributed by atoms with Crippen molar-refractivity contribution >= 4 is 11.8 Å². The summed E-state index contributed by atoms with van der Waals surface area (Å²) in [7, 11) is 2.13. The highest BCUT2D eigenvalue weighted by Crippen LogP contribution is 2.21. The predicted molar refractivity (Wildman–Crippen MR) is 76.2 cm³/mol. The maximum Gasteiger partial charge on any atom is 0.352 e. The van der Waals surface area contributed by atoms with Crippen LogP contribution in [0.1, 0.15) is 47.0 Å². The monoisotopic (exact) mass is 278 g/mol. The molecule has 1 aromatic rings. The lowest BCUT2D eigenvalue weighted by molar-refractivity contribution is 0.0684. The molecule has 1 aliphatic rings. The third kappa shape index (κ3) is 3.48. The van der Waals surface area contributed by atoms with E-state index < -0.39 is 5.97 Å². The van der Waals surface area contributed by atoms with E-state index in [1.807, 2.05) is 0 Å². The third-order valence-electron chi connectivity index (χ3n) is 4.14. The molecule has 5 nitrogen and oxygen atoms in total. The molecule has 1 N–H and O–H groups in total. The maximum absolute atomic E-state index is 11.4. The molecule has 2 rings (SSSR count). The molecule has 0 amide bonds. The lowest BCUT2D eigenvalue weighted by Crippen LogP contribution is -2.30. The van der Waals surface area contributed by atoms with Crippen molar-refractivity contribution in [3.63, 3.8) is 0 Å². The van der Waals surface area contributed by atoms with E-state index in [1.54, 1.807) is 10.8 Å². The molecule has 20 heavy (non-hydrogen) atoms. The number of rotatable bonds is 5. The largest absolute Gasteiger partial charge is 0.477 e. The Morgan fingerprint density at radius 3 is 2.55 bits per heavy atom. The van der Waals surface area contributed by atoms with Crippen molar-refractivity contribution in [3.05, 3.63) is 23.5 Å². The van der Waals surface area contributed by atoms with E-state index in [9.17, 15) is 14.7 Å². The average Bonchev–Trinajstić information content (AvgIpc) is 2.82. The van der Waals surface area contributed by atoms with Gasteiger partial charge in [-0.3, -0.25) is 4.79 Å². The van der Waals surface area contributed by atoms with Gasteiger partial charge in [-0.05, 0) is 58.3 Å². The molecule has 0 spiro atoms. The van der Waals surface area contributed by atoms with Gasteiger partial charge in [-0.2, -0.15) is 0 Å². The highest BCUT2D eigenvalue weighted by molar-refractivity contribution is 5.97. The zero-order valence-corrected chi connectivity index (χ0v) is 12.1. The molecule has 110 valence electrons. The SMILES string of the molecule is CC(=O)c1cc(C(=O)O)n(CCC2CCN(C)CC2)c1. The van der Waals surface area contributed by atoms with Crippen LogP contribution in [0.2, 0.25) is 0 Å². The second kappa shape index (κ2) is 6.22. The van der Waals surface area contributed by atoms with Crippen molar-refractivity contribution in [3.8, 4) is 0 Å². The first-order valence-electron chi connectivity index (χ1n) is 7.10. The predicted octanol–water partition coefficient (Wildman–Crippen LogP) is 2.12. The van der Waals surface area contributed by atoms with Crippen molar-refractivity contribution < 1.29 is 14.7 Å². The number of piperidine rings is 1. The zero-order chi connectivity index (χ0) is 14.7. The van der Waals surface area contributed by atoms with E-state index in [0.717, 1.165) is 19.5 Å². The Balaban J connectivity index is 2.01. The number of nitrogens with zero attached hydrogens (tertiary/aromatic N) is 2. The summed E-state index contributed by atoms with van der Waals surface area (Å²) in [5.74, 6) is -0.414. The normalized spacial score (nSPS) is 17.3. The average molecular weight is 278 g/mol. The fourth-order valence-corrected chi connectivity index (χ4v) is 2.74. The highest BCUT2D eigenvalue weighted by Gasteiger charge is 2.19. The topological polar surface area (TPSA) is 62.5 Å². The second-order valence-corrected chi connectivity index (χ2v) is 5.70. The summed E-state index contributed by atoms with van der Waals surface area (Å²) >= 11 is 0. The fourth-order valence-electron chi connectivity index (χ4n) is 2.74. The van der Waals surface area contributed by atoms with Crippen molar-refractivity contribution in [2.45, 2.75) is 32.7 Å². The molecule has 0 atom stereocenters. The van der Waals surface area contributed by atoms with E-state index >= 15 is 0 Å². The van der Waals surface area contributed by atoms with E-state index in [-0.39, 0.29) is 11.5 Å². The number of carbonyl (C=O) groups is 2. The quantitative estimate of drug-likeness (QED) is 0.838. The molecular weight excluding hydrogens is 256 g/mol. The number of carboxylic acids is 1. The van der Waals surface area contributed by atoms with Gasteiger partial charge < -0.3 is 14.6 Å². The first-order valence-corrected chi connectivity index (χ1v) is 7.10. The molecular formula is C15H22N2O3. The Morgan fingerprint density at radius 2 is 2.00 bits per heavy atom. The van der Waals surface area contributed by atoms with Crippen molar-refractivity contribution in [1.29, 1.82) is 0 Å². The van der Waals surface area contributed by atoms with Gasteiger partial charge >= 0.3 is 5.97 Å². The van der Waals surface area contributed by atoms with Crippen LogP contribution in [-0.4, -0.2) is 46.5 Å². The molecule has 0 radical (unpaired) electrons. The third-order valence-corrected chi connectivity index (χ3v) is 4.14. The standard InChI is InChI=1S/C15H22N2O3/c1-11(18)13-9-14(15(19)20)17(10-13)8-5-12-3-6-16(2)7-4-12/h9-10,12H,3-8H2,1-2H3,(H,19,20). The van der Waals surface area contributed by atoms with Gasteiger partial charge in [0.1, 0.15) is 5.69 Å². The zero-order valence-electron chi connectivity index (χ0n) is 12.1. The molecule has 0 aliphatic carbocycles. The molecule has 1 aromatic heterocycles. The van der Waals surface area contributed by atoms with E-state index in [2.05, 4.69) is 11.9 Å². The van der Waals surface area contributed by atoms with Gasteiger partial charge in [0.05, 0.1) is 0 Å². The van der Waals surface area contributed by atoms with Crippen LogP contribution in [0, 0.1) is 5.92 Å². The number of carboxylic acid groups (broad SMARTS) is 1. The van der Waals surface area contributed by atoms with Crippen molar-refractivity contribution in [2.24, 2.45) is 5.92 Å². The minimum atomic E-state index is -0.971. The molecule has 2 heterocycles. The minimum Gasteiger partial charge on any atom is -0.477 e. The molecule has 1 aliphatic heterocycles. The summed E-state index contributed by atoms with van der Waals surface area (Å²) in [5.41, 5.74) is 0.689. The summed E-state index contributed by atoms with van der Waals surface area (Å²) in [4.78, 5) is 24.9. The molecule has 0 aromatic carbocycles. The number of likely N-dealkylation sites (tertiary alicyclic amines) is 1. The van der Waals surface area contributed by atoms with Gasteiger partial charge in [-0.25, -0.2) is 4.79 Å². The Morgan fingerprint density at radius 1 is 1.35 bits per heavy atom. The Hall–Kier alpha value is -1.62. The van der Waals surface area contributed by atoms with E-state index in [1.165, 1.54) is 25.8 Å². The van der Waals surface area contributed by atoms with Gasteiger partial charge in [-0.15, -0.1) is 0 Å². The van der Waals surface area contributed by atoms with E-state index in [0.29, 0.717) is 18.0 Å². The number of hydrogen-bond donors (Lipinski definition) is 1. The molecule has 1 saturated heterocycles. The summed E-state index contributed by atoms with van der Waals surface area (Å²) < 4.78 is 1.71. The van der Waals surface area contributed by atoms with Crippen LogP contribution < -0.4 is 0 Å². The lowest BCUT2D eigenvalue weighted by Gasteiger charge is -2.29. The molecule has 0 saturated carbocycles. The Bertz CT molecular complexity index is 499. The molecule has 5 heteroatoms. The maximum atomic E-state index is 11.4. The molecule has 1 fully saturated rings. The van der Waals surface area contributed by atoms with Crippen LogP contribution in [0.5, 0.6) is 0 Å². The van der Waals surface area contributed by atoms with Crippen molar-refractivity contribution in [1.82, 2.24) is 9.47 Å². The van der Waals surface area contributed by atoms with Crippen LogP contribution >= 0.6 is 0 Å². The van der Waals surface area contributed by atoms with Crippen molar-refractivity contribution in [2.75, 3.05) is 20.1 Å². The molecule has 0 unspecified atom stereocenters. The van der Waals surface area contributed by atoms with Crippen LogP contribution in [0.25, 0.3) is 0 Å². The van der Waals surface area contributed by atoms with E-state index in [4.69, 9.17) is 0 Å². The number of ketones is 1. The summed E-state index contributed by atoms with van der Waals surface area (Å²) in [6, 6.07) is 1.47. The first kappa shape index (κ1) is 14.8. The van der Waals surface area contributed by atoms with Gasteiger partial charge in [0, 0.05) is 18.3 Å². The van der Waals surface area contributed by atoms with Gasteiger partial charge in [0.15, 0.2) is 5.78 Å².